The highest BCUT2D eigenvalue weighted by atomic mass is 16.5. The number of rotatable bonds is 4. The van der Waals surface area contributed by atoms with Gasteiger partial charge in [0.15, 0.2) is 0 Å². The van der Waals surface area contributed by atoms with E-state index in [-0.39, 0.29) is 0 Å². The SMILES string of the molecule is CC(C)CC1CN(CC2CCOC2)c2ccccc2CN1. The minimum absolute atomic E-state index is 0.583. The summed E-state index contributed by atoms with van der Waals surface area (Å²) in [5, 5.41) is 3.75. The zero-order valence-electron chi connectivity index (χ0n) is 13.3. The fraction of sp³-hybridized carbons (Fsp3) is 0.667. The second-order valence-corrected chi connectivity index (χ2v) is 6.97. The largest absolute Gasteiger partial charge is 0.381 e. The van der Waals surface area contributed by atoms with Gasteiger partial charge in [-0.15, -0.1) is 0 Å². The third-order valence-corrected chi connectivity index (χ3v) is 4.61. The molecule has 1 saturated heterocycles. The Morgan fingerprint density at radius 1 is 1.33 bits per heavy atom. The predicted molar refractivity (Wildman–Crippen MR) is 87.7 cm³/mol. The summed E-state index contributed by atoms with van der Waals surface area (Å²) in [6.07, 6.45) is 2.45. The molecule has 3 rings (SSSR count). The molecule has 21 heavy (non-hydrogen) atoms. The van der Waals surface area contributed by atoms with Crippen molar-refractivity contribution >= 4 is 5.69 Å². The van der Waals surface area contributed by atoms with Gasteiger partial charge in [-0.2, -0.15) is 0 Å². The monoisotopic (exact) mass is 288 g/mol. The van der Waals surface area contributed by atoms with Gasteiger partial charge in [-0.3, -0.25) is 0 Å². The van der Waals surface area contributed by atoms with Crippen LogP contribution < -0.4 is 10.2 Å². The van der Waals surface area contributed by atoms with Crippen LogP contribution in [0.1, 0.15) is 32.3 Å². The van der Waals surface area contributed by atoms with Gasteiger partial charge in [0, 0.05) is 43.9 Å². The minimum Gasteiger partial charge on any atom is -0.381 e. The number of anilines is 1. The molecule has 0 radical (unpaired) electrons. The number of fused-ring (bicyclic) bond motifs is 1. The Bertz CT molecular complexity index is 454. The number of para-hydroxylation sites is 1. The predicted octanol–water partition coefficient (Wildman–Crippen LogP) is 3.05. The zero-order valence-corrected chi connectivity index (χ0v) is 13.3. The molecule has 3 heteroatoms. The van der Waals surface area contributed by atoms with Crippen LogP contribution in [0, 0.1) is 11.8 Å². The molecule has 1 N–H and O–H groups in total. The summed E-state index contributed by atoms with van der Waals surface area (Å²) in [6, 6.07) is 9.45. The molecule has 2 atom stereocenters. The highest BCUT2D eigenvalue weighted by Gasteiger charge is 2.25. The van der Waals surface area contributed by atoms with E-state index in [1.807, 2.05) is 0 Å². The lowest BCUT2D eigenvalue weighted by atomic mass is 10.0. The maximum absolute atomic E-state index is 5.57. The minimum atomic E-state index is 0.583. The van der Waals surface area contributed by atoms with E-state index in [1.54, 1.807) is 0 Å². The van der Waals surface area contributed by atoms with Gasteiger partial charge in [0.05, 0.1) is 6.61 Å². The van der Waals surface area contributed by atoms with Gasteiger partial charge in [0.25, 0.3) is 0 Å². The Kier molecular flexibility index (Phi) is 4.81. The molecule has 116 valence electrons. The quantitative estimate of drug-likeness (QED) is 0.921. The molecule has 1 aromatic carbocycles. The lowest BCUT2D eigenvalue weighted by Crippen LogP contribution is -2.41. The van der Waals surface area contributed by atoms with Crippen molar-refractivity contribution in [1.82, 2.24) is 5.32 Å². The van der Waals surface area contributed by atoms with Crippen LogP contribution in [0.5, 0.6) is 0 Å². The third kappa shape index (κ3) is 3.78. The molecule has 2 heterocycles. The Morgan fingerprint density at radius 2 is 2.19 bits per heavy atom. The molecular weight excluding hydrogens is 260 g/mol. The van der Waals surface area contributed by atoms with Gasteiger partial charge in [-0.05, 0) is 30.4 Å². The first-order chi connectivity index (χ1) is 10.2. The topological polar surface area (TPSA) is 24.5 Å². The van der Waals surface area contributed by atoms with E-state index < -0.39 is 0 Å². The molecule has 0 saturated carbocycles. The summed E-state index contributed by atoms with van der Waals surface area (Å²) < 4.78 is 5.57. The van der Waals surface area contributed by atoms with E-state index in [4.69, 9.17) is 4.74 Å². The van der Waals surface area contributed by atoms with Crippen molar-refractivity contribution in [3.63, 3.8) is 0 Å². The second kappa shape index (κ2) is 6.80. The first kappa shape index (κ1) is 14.9. The number of nitrogens with one attached hydrogen (secondary N) is 1. The third-order valence-electron chi connectivity index (χ3n) is 4.61. The number of hydrogen-bond acceptors (Lipinski definition) is 3. The highest BCUT2D eigenvalue weighted by molar-refractivity contribution is 5.54. The standard InChI is InChI=1S/C18H28N2O/c1-14(2)9-17-12-20(11-15-7-8-21-13-15)18-6-4-3-5-16(18)10-19-17/h3-6,14-15,17,19H,7-13H2,1-2H3. The lowest BCUT2D eigenvalue weighted by Gasteiger charge is -2.30. The molecule has 0 aromatic heterocycles. The van der Waals surface area contributed by atoms with Crippen LogP contribution in [-0.2, 0) is 11.3 Å². The lowest BCUT2D eigenvalue weighted by molar-refractivity contribution is 0.186. The van der Waals surface area contributed by atoms with Gasteiger partial charge >= 0.3 is 0 Å². The molecular formula is C18H28N2O. The molecule has 0 spiro atoms. The van der Waals surface area contributed by atoms with Crippen LogP contribution in [0.4, 0.5) is 5.69 Å². The van der Waals surface area contributed by atoms with E-state index in [0.29, 0.717) is 12.0 Å². The summed E-state index contributed by atoms with van der Waals surface area (Å²) in [5.74, 6) is 1.43. The van der Waals surface area contributed by atoms with Crippen molar-refractivity contribution in [3.05, 3.63) is 29.8 Å². The molecule has 2 aliphatic rings. The van der Waals surface area contributed by atoms with E-state index in [2.05, 4.69) is 48.3 Å². The van der Waals surface area contributed by atoms with Gasteiger partial charge < -0.3 is 15.0 Å². The average Bonchev–Trinajstić information content (AvgIpc) is 2.90. The van der Waals surface area contributed by atoms with E-state index in [9.17, 15) is 0 Å². The number of hydrogen-bond donors (Lipinski definition) is 1. The Hall–Kier alpha value is -1.06. The zero-order chi connectivity index (χ0) is 14.7. The summed E-state index contributed by atoms with van der Waals surface area (Å²) in [5.41, 5.74) is 2.85. The summed E-state index contributed by atoms with van der Waals surface area (Å²) in [4.78, 5) is 2.60. The van der Waals surface area contributed by atoms with Gasteiger partial charge in [0.1, 0.15) is 0 Å². The fourth-order valence-electron chi connectivity index (χ4n) is 3.59. The first-order valence-corrected chi connectivity index (χ1v) is 8.36. The number of nitrogens with zero attached hydrogens (tertiary/aromatic N) is 1. The van der Waals surface area contributed by atoms with Crippen molar-refractivity contribution < 1.29 is 4.74 Å². The van der Waals surface area contributed by atoms with E-state index >= 15 is 0 Å². The van der Waals surface area contributed by atoms with Crippen LogP contribution in [0.15, 0.2) is 24.3 Å². The van der Waals surface area contributed by atoms with Gasteiger partial charge in [-0.25, -0.2) is 0 Å². The van der Waals surface area contributed by atoms with E-state index in [0.717, 1.165) is 38.8 Å². The molecule has 1 aromatic rings. The van der Waals surface area contributed by atoms with Crippen LogP contribution in [0.25, 0.3) is 0 Å². The van der Waals surface area contributed by atoms with Crippen LogP contribution in [0.2, 0.25) is 0 Å². The summed E-state index contributed by atoms with van der Waals surface area (Å²) in [6.45, 7) is 9.74. The molecule has 2 unspecified atom stereocenters. The molecule has 0 bridgehead atoms. The van der Waals surface area contributed by atoms with Gasteiger partial charge in [-0.1, -0.05) is 32.0 Å². The Morgan fingerprint density at radius 3 is 2.95 bits per heavy atom. The summed E-state index contributed by atoms with van der Waals surface area (Å²) >= 11 is 0. The van der Waals surface area contributed by atoms with Crippen molar-refractivity contribution in [3.8, 4) is 0 Å². The maximum atomic E-state index is 5.57. The van der Waals surface area contributed by atoms with Crippen molar-refractivity contribution in [2.75, 3.05) is 31.2 Å². The molecule has 0 amide bonds. The molecule has 2 aliphatic heterocycles. The average molecular weight is 288 g/mol. The number of ether oxygens (including phenoxy) is 1. The van der Waals surface area contributed by atoms with E-state index in [1.165, 1.54) is 24.1 Å². The number of benzene rings is 1. The van der Waals surface area contributed by atoms with Gasteiger partial charge in [0.2, 0.25) is 0 Å². The highest BCUT2D eigenvalue weighted by Crippen LogP contribution is 2.27. The fourth-order valence-corrected chi connectivity index (χ4v) is 3.59. The summed E-state index contributed by atoms with van der Waals surface area (Å²) in [7, 11) is 0. The van der Waals surface area contributed by atoms with Crippen LogP contribution >= 0.6 is 0 Å². The van der Waals surface area contributed by atoms with Crippen molar-refractivity contribution in [2.45, 2.75) is 39.3 Å². The smallest absolute Gasteiger partial charge is 0.0512 e. The first-order valence-electron chi connectivity index (χ1n) is 8.36. The Balaban J connectivity index is 1.77. The normalized spacial score (nSPS) is 26.0. The molecule has 0 aliphatic carbocycles. The molecule has 1 fully saturated rings. The molecule has 3 nitrogen and oxygen atoms in total. The van der Waals surface area contributed by atoms with Crippen molar-refractivity contribution in [1.29, 1.82) is 0 Å². The van der Waals surface area contributed by atoms with Crippen LogP contribution in [0.3, 0.4) is 0 Å². The van der Waals surface area contributed by atoms with Crippen molar-refractivity contribution in [2.24, 2.45) is 11.8 Å². The van der Waals surface area contributed by atoms with Crippen LogP contribution in [-0.4, -0.2) is 32.3 Å². The second-order valence-electron chi connectivity index (χ2n) is 6.97. The Labute approximate surface area is 128 Å². The maximum Gasteiger partial charge on any atom is 0.0512 e.